The minimum Gasteiger partial charge on any atom is -0.444 e. The minimum atomic E-state index is -0.576. The van der Waals surface area contributed by atoms with E-state index in [0.29, 0.717) is 6.54 Å². The van der Waals surface area contributed by atoms with Gasteiger partial charge in [0.05, 0.1) is 13.1 Å². The van der Waals surface area contributed by atoms with E-state index in [2.05, 4.69) is 10.6 Å². The maximum atomic E-state index is 11.8. The van der Waals surface area contributed by atoms with Crippen LogP contribution in [0.2, 0.25) is 0 Å². The Bertz CT molecular complexity index is 612. The lowest BCUT2D eigenvalue weighted by Crippen LogP contribution is -2.37. The predicted molar refractivity (Wildman–Crippen MR) is 93.8 cm³/mol. The van der Waals surface area contributed by atoms with Crippen LogP contribution in [0.1, 0.15) is 27.2 Å². The van der Waals surface area contributed by atoms with Crippen LogP contribution in [0.4, 0.5) is 14.6 Å². The summed E-state index contributed by atoms with van der Waals surface area (Å²) in [6.45, 7) is 6.10. The number of carbonyl (C=O) groups is 3. The van der Waals surface area contributed by atoms with Crippen LogP contribution < -0.4 is 15.5 Å². The Hall–Kier alpha value is -2.29. The molecule has 0 spiro atoms. The highest BCUT2D eigenvalue weighted by molar-refractivity contribution is 7.14. The van der Waals surface area contributed by atoms with Crippen molar-refractivity contribution < 1.29 is 23.9 Å². The summed E-state index contributed by atoms with van der Waals surface area (Å²) >= 11 is 1.45. The second kappa shape index (κ2) is 8.19. The van der Waals surface area contributed by atoms with Gasteiger partial charge in [0, 0.05) is 13.0 Å². The average Bonchev–Trinajstić information content (AvgIpc) is 3.12. The summed E-state index contributed by atoms with van der Waals surface area (Å²) in [6.07, 6.45) is -1.24. The number of hydrogen-bond donors (Lipinski definition) is 2. The van der Waals surface area contributed by atoms with E-state index < -0.39 is 23.9 Å². The molecular weight excluding hydrogens is 346 g/mol. The van der Waals surface area contributed by atoms with Crippen LogP contribution in [-0.2, 0) is 14.3 Å². The summed E-state index contributed by atoms with van der Waals surface area (Å²) in [5.41, 5.74) is -0.576. The summed E-state index contributed by atoms with van der Waals surface area (Å²) in [4.78, 5) is 36.6. The number of nitrogens with zero attached hydrogens (tertiary/aromatic N) is 1. The zero-order valence-corrected chi connectivity index (χ0v) is 15.4. The molecule has 0 radical (unpaired) electrons. The van der Waals surface area contributed by atoms with E-state index in [4.69, 9.17) is 9.47 Å². The molecule has 8 nitrogen and oxygen atoms in total. The van der Waals surface area contributed by atoms with Gasteiger partial charge in [-0.2, -0.15) is 0 Å². The third-order valence-electron chi connectivity index (χ3n) is 3.19. The Kier molecular flexibility index (Phi) is 6.24. The Labute approximate surface area is 150 Å². The molecule has 1 aliphatic rings. The Morgan fingerprint density at radius 2 is 2.16 bits per heavy atom. The van der Waals surface area contributed by atoms with Crippen LogP contribution in [0.25, 0.3) is 0 Å². The number of nitrogens with one attached hydrogen (secondary N) is 2. The van der Waals surface area contributed by atoms with Crippen molar-refractivity contribution in [2.75, 3.05) is 24.5 Å². The summed E-state index contributed by atoms with van der Waals surface area (Å²) in [6, 6.07) is 3.70. The van der Waals surface area contributed by atoms with Crippen LogP contribution in [0.15, 0.2) is 17.5 Å². The molecule has 2 N–H and O–H groups in total. The number of ether oxygens (including phenoxy) is 2. The number of hydrogen-bond acceptors (Lipinski definition) is 6. The van der Waals surface area contributed by atoms with E-state index in [-0.39, 0.29) is 25.4 Å². The molecule has 0 bridgehead atoms. The van der Waals surface area contributed by atoms with Gasteiger partial charge in [0.15, 0.2) is 0 Å². The molecule has 138 valence electrons. The van der Waals surface area contributed by atoms with E-state index in [1.807, 2.05) is 17.5 Å². The van der Waals surface area contributed by atoms with Crippen molar-refractivity contribution in [3.63, 3.8) is 0 Å². The highest BCUT2D eigenvalue weighted by Crippen LogP contribution is 2.25. The lowest BCUT2D eigenvalue weighted by molar-refractivity contribution is -0.121. The lowest BCUT2D eigenvalue weighted by atomic mass is 10.2. The molecule has 2 rings (SSSR count). The third-order valence-corrected chi connectivity index (χ3v) is 4.08. The minimum absolute atomic E-state index is 0.120. The normalized spacial score (nSPS) is 17.2. The molecule has 0 aliphatic carbocycles. The van der Waals surface area contributed by atoms with Crippen molar-refractivity contribution in [3.05, 3.63) is 17.5 Å². The number of cyclic esters (lactones) is 1. The van der Waals surface area contributed by atoms with Gasteiger partial charge in [-0.1, -0.05) is 0 Å². The van der Waals surface area contributed by atoms with Gasteiger partial charge in [-0.05, 0) is 38.3 Å². The average molecular weight is 369 g/mol. The lowest BCUT2D eigenvalue weighted by Gasteiger charge is -2.19. The van der Waals surface area contributed by atoms with Crippen molar-refractivity contribution >= 4 is 34.4 Å². The van der Waals surface area contributed by atoms with Crippen LogP contribution in [0, 0.1) is 0 Å². The standard InChI is InChI=1S/C16H23N3O5S/c1-16(2,3)24-14(21)17-7-6-12(20)18-9-11-10-19(15(22)23-11)13-5-4-8-25-13/h4-5,8,11H,6-7,9-10H2,1-3H3,(H,17,21)(H,18,20). The first-order valence-corrected chi connectivity index (χ1v) is 8.88. The molecule has 1 atom stereocenters. The van der Waals surface area contributed by atoms with E-state index in [9.17, 15) is 14.4 Å². The molecule has 3 amide bonds. The van der Waals surface area contributed by atoms with Crippen molar-refractivity contribution in [1.82, 2.24) is 10.6 Å². The fourth-order valence-corrected chi connectivity index (χ4v) is 2.87. The fraction of sp³-hybridized carbons (Fsp3) is 0.562. The quantitative estimate of drug-likeness (QED) is 0.800. The summed E-state index contributed by atoms with van der Waals surface area (Å²) < 4.78 is 10.3. The Morgan fingerprint density at radius 1 is 1.40 bits per heavy atom. The van der Waals surface area contributed by atoms with E-state index in [1.54, 1.807) is 25.7 Å². The maximum absolute atomic E-state index is 11.8. The van der Waals surface area contributed by atoms with Crippen LogP contribution in [-0.4, -0.2) is 49.4 Å². The van der Waals surface area contributed by atoms with Gasteiger partial charge in [0.25, 0.3) is 0 Å². The van der Waals surface area contributed by atoms with Gasteiger partial charge < -0.3 is 20.1 Å². The number of amides is 3. The van der Waals surface area contributed by atoms with Crippen molar-refractivity contribution in [2.45, 2.75) is 38.9 Å². The molecule has 1 saturated heterocycles. The first-order chi connectivity index (χ1) is 11.7. The number of carbonyl (C=O) groups excluding carboxylic acids is 3. The Balaban J connectivity index is 1.64. The van der Waals surface area contributed by atoms with Gasteiger partial charge in [0.2, 0.25) is 5.91 Å². The number of anilines is 1. The molecule has 9 heteroatoms. The summed E-state index contributed by atoms with van der Waals surface area (Å²) in [5, 5.41) is 7.92. The smallest absolute Gasteiger partial charge is 0.415 e. The van der Waals surface area contributed by atoms with Gasteiger partial charge in [-0.3, -0.25) is 9.69 Å². The second-order valence-electron chi connectivity index (χ2n) is 6.55. The molecule has 25 heavy (non-hydrogen) atoms. The SMILES string of the molecule is CC(C)(C)OC(=O)NCCC(=O)NCC1CN(c2cccs2)C(=O)O1. The molecule has 1 aromatic heterocycles. The molecule has 0 saturated carbocycles. The first kappa shape index (κ1) is 19.0. The van der Waals surface area contributed by atoms with Gasteiger partial charge in [-0.15, -0.1) is 11.3 Å². The largest absolute Gasteiger partial charge is 0.444 e. The topological polar surface area (TPSA) is 97.0 Å². The summed E-state index contributed by atoms with van der Waals surface area (Å²) in [7, 11) is 0. The molecule has 2 heterocycles. The number of rotatable bonds is 6. The highest BCUT2D eigenvalue weighted by atomic mass is 32.1. The number of alkyl carbamates (subject to hydrolysis) is 1. The van der Waals surface area contributed by atoms with Crippen molar-refractivity contribution in [3.8, 4) is 0 Å². The summed E-state index contributed by atoms with van der Waals surface area (Å²) in [5.74, 6) is -0.235. The maximum Gasteiger partial charge on any atom is 0.415 e. The van der Waals surface area contributed by atoms with E-state index >= 15 is 0 Å². The highest BCUT2D eigenvalue weighted by Gasteiger charge is 2.32. The van der Waals surface area contributed by atoms with Crippen molar-refractivity contribution in [1.29, 1.82) is 0 Å². The molecule has 1 aromatic rings. The molecule has 0 aromatic carbocycles. The van der Waals surface area contributed by atoms with Crippen LogP contribution in [0.5, 0.6) is 0 Å². The zero-order valence-electron chi connectivity index (χ0n) is 14.5. The fourth-order valence-electron chi connectivity index (χ4n) is 2.14. The monoisotopic (exact) mass is 369 g/mol. The van der Waals surface area contributed by atoms with Gasteiger partial charge >= 0.3 is 12.2 Å². The second-order valence-corrected chi connectivity index (χ2v) is 7.48. The van der Waals surface area contributed by atoms with Crippen molar-refractivity contribution in [2.24, 2.45) is 0 Å². The number of thiophene rings is 1. The Morgan fingerprint density at radius 3 is 2.80 bits per heavy atom. The third kappa shape index (κ3) is 6.26. The zero-order chi connectivity index (χ0) is 18.4. The molecule has 1 fully saturated rings. The molecule has 1 aliphatic heterocycles. The van der Waals surface area contributed by atoms with Gasteiger partial charge in [0.1, 0.15) is 16.7 Å². The molecule has 1 unspecified atom stereocenters. The predicted octanol–water partition coefficient (Wildman–Crippen LogP) is 2.10. The van der Waals surface area contributed by atoms with E-state index in [1.165, 1.54) is 11.3 Å². The van der Waals surface area contributed by atoms with Crippen LogP contribution in [0.3, 0.4) is 0 Å². The van der Waals surface area contributed by atoms with E-state index in [0.717, 1.165) is 5.00 Å². The van der Waals surface area contributed by atoms with Crippen LogP contribution >= 0.6 is 11.3 Å². The first-order valence-electron chi connectivity index (χ1n) is 8.00. The molecular formula is C16H23N3O5S. The van der Waals surface area contributed by atoms with Gasteiger partial charge in [-0.25, -0.2) is 9.59 Å².